The minimum absolute atomic E-state index is 0.0832. The predicted octanol–water partition coefficient (Wildman–Crippen LogP) is 15.4. The zero-order valence-electron chi connectivity index (χ0n) is 35.9. The molecule has 1 N–H and O–H groups in total. The van der Waals surface area contributed by atoms with Gasteiger partial charge in [0.25, 0.3) is 0 Å². The SMILES string of the molecule is Cc1cc(-c2c(-c3ccccc3)cccc2C(C)(C)C)ccc1-n1c(-c2ccccc2O)nc2c(-c3cc(-c4ccccc4)cc(-c4cc(-c5ccccc5)ccn4)c3)cccc21. The van der Waals surface area contributed by atoms with Gasteiger partial charge in [0.05, 0.1) is 28.0 Å². The molecule has 0 aliphatic rings. The molecule has 4 nitrogen and oxygen atoms in total. The van der Waals surface area contributed by atoms with Crippen LogP contribution in [0.5, 0.6) is 5.75 Å². The van der Waals surface area contributed by atoms with Crippen molar-refractivity contribution in [3.8, 4) is 89.7 Å². The molecule has 0 saturated heterocycles. The number of pyridine rings is 1. The van der Waals surface area contributed by atoms with Crippen LogP contribution in [0.15, 0.2) is 206 Å². The number of phenolic OH excluding ortho intramolecular Hbond substituents is 1. The van der Waals surface area contributed by atoms with Gasteiger partial charge in [0, 0.05) is 17.3 Å². The quantitative estimate of drug-likeness (QED) is 0.166. The zero-order valence-corrected chi connectivity index (χ0v) is 35.9. The van der Waals surface area contributed by atoms with Gasteiger partial charge < -0.3 is 5.11 Å². The second-order valence-corrected chi connectivity index (χ2v) is 17.3. The Labute approximate surface area is 369 Å². The summed E-state index contributed by atoms with van der Waals surface area (Å²) in [6.07, 6.45) is 1.89. The number of hydrogen-bond donors (Lipinski definition) is 1. The number of benzene rings is 8. The van der Waals surface area contributed by atoms with E-state index >= 15 is 0 Å². The summed E-state index contributed by atoms with van der Waals surface area (Å²) >= 11 is 0. The van der Waals surface area contributed by atoms with Crippen LogP contribution in [0.4, 0.5) is 0 Å². The molecule has 63 heavy (non-hydrogen) atoms. The Morgan fingerprint density at radius 3 is 1.76 bits per heavy atom. The molecule has 2 heterocycles. The molecule has 2 aromatic heterocycles. The van der Waals surface area contributed by atoms with E-state index in [2.05, 4.69) is 196 Å². The number of rotatable bonds is 8. The predicted molar refractivity (Wildman–Crippen MR) is 262 cm³/mol. The molecule has 10 rings (SSSR count). The van der Waals surface area contributed by atoms with Crippen LogP contribution < -0.4 is 0 Å². The third kappa shape index (κ3) is 7.51. The average Bonchev–Trinajstić information content (AvgIpc) is 3.71. The van der Waals surface area contributed by atoms with Crippen LogP contribution in [-0.2, 0) is 5.41 Å². The Kier molecular flexibility index (Phi) is 10.1. The van der Waals surface area contributed by atoms with Gasteiger partial charge in [-0.15, -0.1) is 0 Å². The molecule has 8 aromatic carbocycles. The van der Waals surface area contributed by atoms with Crippen molar-refractivity contribution in [3.63, 3.8) is 0 Å². The lowest BCUT2D eigenvalue weighted by atomic mass is 9.78. The lowest BCUT2D eigenvalue weighted by Crippen LogP contribution is -2.13. The smallest absolute Gasteiger partial charge is 0.149 e. The summed E-state index contributed by atoms with van der Waals surface area (Å²) in [5.74, 6) is 0.845. The first-order chi connectivity index (χ1) is 30.7. The number of aryl methyl sites for hydroxylation is 1. The van der Waals surface area contributed by atoms with E-state index in [1.807, 2.05) is 36.5 Å². The lowest BCUT2D eigenvalue weighted by Gasteiger charge is -2.26. The number of imidazole rings is 1. The van der Waals surface area contributed by atoms with E-state index in [0.29, 0.717) is 11.4 Å². The highest BCUT2D eigenvalue weighted by Crippen LogP contribution is 2.44. The minimum atomic E-state index is -0.0832. The Bertz CT molecular complexity index is 3270. The summed E-state index contributed by atoms with van der Waals surface area (Å²) in [7, 11) is 0. The first-order valence-electron chi connectivity index (χ1n) is 21.5. The average molecular weight is 814 g/mol. The highest BCUT2D eigenvalue weighted by Gasteiger charge is 2.25. The van der Waals surface area contributed by atoms with Crippen LogP contribution >= 0.6 is 0 Å². The summed E-state index contributed by atoms with van der Waals surface area (Å²) < 4.78 is 2.22. The molecule has 4 heteroatoms. The van der Waals surface area contributed by atoms with Crippen molar-refractivity contribution in [2.75, 3.05) is 0 Å². The maximum Gasteiger partial charge on any atom is 0.149 e. The fraction of sp³-hybridized carbons (Fsp3) is 0.0847. The number of fused-ring (bicyclic) bond motifs is 1. The van der Waals surface area contributed by atoms with E-state index in [9.17, 15) is 5.11 Å². The molecule has 0 amide bonds. The molecule has 10 aromatic rings. The fourth-order valence-corrected chi connectivity index (χ4v) is 8.95. The third-order valence-electron chi connectivity index (χ3n) is 12.0. The number of para-hydroxylation sites is 2. The van der Waals surface area contributed by atoms with Gasteiger partial charge in [0.2, 0.25) is 0 Å². The Balaban J connectivity index is 1.18. The zero-order chi connectivity index (χ0) is 43.1. The van der Waals surface area contributed by atoms with E-state index in [1.54, 1.807) is 6.07 Å². The first-order valence-corrected chi connectivity index (χ1v) is 21.5. The van der Waals surface area contributed by atoms with Gasteiger partial charge in [-0.1, -0.05) is 160 Å². The van der Waals surface area contributed by atoms with Crippen molar-refractivity contribution in [2.45, 2.75) is 33.1 Å². The molecule has 0 aliphatic carbocycles. The lowest BCUT2D eigenvalue weighted by molar-refractivity contribution is 0.477. The van der Waals surface area contributed by atoms with Crippen LogP contribution in [0.2, 0.25) is 0 Å². The molecular formula is C59H47N3O. The Hall–Kier alpha value is -7.82. The standard InChI is InChI=1S/C59H47N3O/c1-39-34-44(56-48(42-22-12-7-13-23-42)25-16-27-51(56)59(2,3)4)30-31-53(39)62-54-28-17-26-49(57(54)61-58(62)50-24-14-15-29-55(50)63)46-35-45(41-20-10-6-11-21-41)36-47(37-46)52-38-43(32-33-60-52)40-18-8-5-9-19-40/h5-38,63H,1-4H3. The second-order valence-electron chi connectivity index (χ2n) is 17.3. The maximum absolute atomic E-state index is 11.4. The van der Waals surface area contributed by atoms with Crippen LogP contribution in [0.1, 0.15) is 31.9 Å². The summed E-state index contributed by atoms with van der Waals surface area (Å²) in [4.78, 5) is 10.4. The molecule has 0 fully saturated rings. The highest BCUT2D eigenvalue weighted by molar-refractivity contribution is 5.98. The Morgan fingerprint density at radius 2 is 1.06 bits per heavy atom. The molecule has 0 radical (unpaired) electrons. The largest absolute Gasteiger partial charge is 0.507 e. The molecular weight excluding hydrogens is 767 g/mol. The van der Waals surface area contributed by atoms with Crippen molar-refractivity contribution in [1.82, 2.24) is 14.5 Å². The summed E-state index contributed by atoms with van der Waals surface area (Å²) in [6.45, 7) is 9.03. The van der Waals surface area contributed by atoms with Crippen LogP contribution in [0, 0.1) is 6.92 Å². The van der Waals surface area contributed by atoms with Gasteiger partial charge >= 0.3 is 0 Å². The van der Waals surface area contributed by atoms with Gasteiger partial charge in [-0.2, -0.15) is 0 Å². The van der Waals surface area contributed by atoms with E-state index < -0.39 is 0 Å². The van der Waals surface area contributed by atoms with Gasteiger partial charge in [0.15, 0.2) is 0 Å². The number of nitrogens with zero attached hydrogens (tertiary/aromatic N) is 3. The molecule has 0 aliphatic heterocycles. The highest BCUT2D eigenvalue weighted by atomic mass is 16.3. The van der Waals surface area contributed by atoms with Crippen LogP contribution in [0.25, 0.3) is 95.0 Å². The summed E-state index contributed by atoms with van der Waals surface area (Å²) in [6, 6.07) is 69.9. The van der Waals surface area contributed by atoms with Crippen molar-refractivity contribution in [2.24, 2.45) is 0 Å². The fourth-order valence-electron chi connectivity index (χ4n) is 8.95. The van der Waals surface area contributed by atoms with Gasteiger partial charge in [0.1, 0.15) is 11.6 Å². The summed E-state index contributed by atoms with van der Waals surface area (Å²) in [5.41, 5.74) is 18.9. The monoisotopic (exact) mass is 813 g/mol. The second kappa shape index (κ2) is 16.2. The van der Waals surface area contributed by atoms with Crippen LogP contribution in [0.3, 0.4) is 0 Å². The first kappa shape index (κ1) is 39.3. The molecule has 304 valence electrons. The number of hydrogen-bond acceptors (Lipinski definition) is 3. The van der Waals surface area contributed by atoms with Crippen LogP contribution in [-0.4, -0.2) is 19.6 Å². The van der Waals surface area contributed by atoms with Gasteiger partial charge in [-0.25, -0.2) is 4.98 Å². The molecule has 0 bridgehead atoms. The molecule has 0 unspecified atom stereocenters. The minimum Gasteiger partial charge on any atom is -0.507 e. The maximum atomic E-state index is 11.4. The van der Waals surface area contributed by atoms with Gasteiger partial charge in [-0.05, 0) is 134 Å². The van der Waals surface area contributed by atoms with Crippen molar-refractivity contribution in [1.29, 1.82) is 0 Å². The van der Waals surface area contributed by atoms with E-state index in [0.717, 1.165) is 72.5 Å². The Morgan fingerprint density at radius 1 is 0.460 bits per heavy atom. The number of phenols is 1. The van der Waals surface area contributed by atoms with E-state index in [1.165, 1.54) is 22.3 Å². The van der Waals surface area contributed by atoms with Crippen molar-refractivity contribution in [3.05, 3.63) is 218 Å². The molecule has 0 saturated carbocycles. The van der Waals surface area contributed by atoms with Crippen molar-refractivity contribution >= 4 is 11.0 Å². The summed E-state index contributed by atoms with van der Waals surface area (Å²) in [5, 5.41) is 11.4. The third-order valence-corrected chi connectivity index (χ3v) is 12.0. The molecule has 0 spiro atoms. The van der Waals surface area contributed by atoms with E-state index in [-0.39, 0.29) is 11.2 Å². The number of aromatic hydroxyl groups is 1. The topological polar surface area (TPSA) is 50.9 Å². The molecule has 0 atom stereocenters. The normalized spacial score (nSPS) is 11.6. The van der Waals surface area contributed by atoms with Crippen molar-refractivity contribution < 1.29 is 5.11 Å². The number of aromatic nitrogens is 3. The van der Waals surface area contributed by atoms with E-state index in [4.69, 9.17) is 9.97 Å². The van der Waals surface area contributed by atoms with Gasteiger partial charge in [-0.3, -0.25) is 9.55 Å².